The van der Waals surface area contributed by atoms with E-state index in [0.29, 0.717) is 5.41 Å². The third-order valence-electron chi connectivity index (χ3n) is 6.56. The molecule has 1 N–H and O–H groups in total. The molecular weight excluding hydrogens is 248 g/mol. The van der Waals surface area contributed by atoms with Gasteiger partial charge in [0.1, 0.15) is 0 Å². The van der Waals surface area contributed by atoms with Crippen molar-refractivity contribution in [3.05, 3.63) is 35.9 Å². The number of carboxylic acid groups (broad SMARTS) is 1. The minimum absolute atomic E-state index is 0.188. The van der Waals surface area contributed by atoms with Crippen molar-refractivity contribution in [2.45, 2.75) is 51.4 Å². The van der Waals surface area contributed by atoms with Crippen LogP contribution < -0.4 is 0 Å². The van der Waals surface area contributed by atoms with Crippen LogP contribution >= 0.6 is 0 Å². The SMILES string of the molecule is O=C(O)C1(C23CC(CCc4ccccc4)(C2)C3)CCC1. The molecule has 0 radical (unpaired) electrons. The first kappa shape index (κ1) is 12.4. The molecule has 0 amide bonds. The molecule has 0 aliphatic heterocycles. The Morgan fingerprint density at radius 3 is 2.25 bits per heavy atom. The van der Waals surface area contributed by atoms with Crippen LogP contribution in [0.5, 0.6) is 0 Å². The number of aliphatic carboxylic acids is 1. The Bertz CT molecular complexity index is 522. The molecule has 4 fully saturated rings. The maximum Gasteiger partial charge on any atom is 0.310 e. The van der Waals surface area contributed by atoms with Gasteiger partial charge in [0.25, 0.3) is 0 Å². The molecule has 2 nitrogen and oxygen atoms in total. The number of hydrogen-bond donors (Lipinski definition) is 1. The van der Waals surface area contributed by atoms with Crippen molar-refractivity contribution in [3.63, 3.8) is 0 Å². The van der Waals surface area contributed by atoms with Crippen LogP contribution in [0.1, 0.15) is 50.5 Å². The van der Waals surface area contributed by atoms with E-state index in [1.165, 1.54) is 31.2 Å². The molecule has 0 unspecified atom stereocenters. The molecule has 0 saturated heterocycles. The second-order valence-electron chi connectivity index (χ2n) is 7.54. The highest BCUT2D eigenvalue weighted by atomic mass is 16.4. The molecule has 4 saturated carbocycles. The van der Waals surface area contributed by atoms with E-state index in [9.17, 15) is 9.90 Å². The van der Waals surface area contributed by atoms with Gasteiger partial charge in [0.2, 0.25) is 0 Å². The summed E-state index contributed by atoms with van der Waals surface area (Å²) in [4.78, 5) is 11.7. The highest BCUT2D eigenvalue weighted by Gasteiger charge is 2.77. The Hall–Kier alpha value is -1.31. The van der Waals surface area contributed by atoms with E-state index in [1.807, 2.05) is 0 Å². The van der Waals surface area contributed by atoms with Gasteiger partial charge in [0.15, 0.2) is 0 Å². The number of aryl methyl sites for hydroxylation is 1. The largest absolute Gasteiger partial charge is 0.481 e. The fraction of sp³-hybridized carbons (Fsp3) is 0.611. The van der Waals surface area contributed by atoms with Crippen LogP contribution in [-0.4, -0.2) is 11.1 Å². The van der Waals surface area contributed by atoms with E-state index in [2.05, 4.69) is 30.3 Å². The van der Waals surface area contributed by atoms with Crippen LogP contribution in [0, 0.1) is 16.2 Å². The molecule has 1 aromatic carbocycles. The molecule has 4 aliphatic carbocycles. The van der Waals surface area contributed by atoms with Crippen LogP contribution in [0.2, 0.25) is 0 Å². The predicted octanol–water partition coefficient (Wildman–Crippen LogP) is 4.04. The smallest absolute Gasteiger partial charge is 0.310 e. The zero-order chi connectivity index (χ0) is 13.8. The van der Waals surface area contributed by atoms with Gasteiger partial charge in [-0.2, -0.15) is 0 Å². The summed E-state index contributed by atoms with van der Waals surface area (Å²) in [6.45, 7) is 0. The summed E-state index contributed by atoms with van der Waals surface area (Å²) in [6, 6.07) is 10.7. The third kappa shape index (κ3) is 1.43. The van der Waals surface area contributed by atoms with Gasteiger partial charge in [-0.3, -0.25) is 4.79 Å². The van der Waals surface area contributed by atoms with Crippen LogP contribution in [-0.2, 0) is 11.2 Å². The van der Waals surface area contributed by atoms with Gasteiger partial charge in [-0.05, 0) is 61.3 Å². The predicted molar refractivity (Wildman–Crippen MR) is 77.4 cm³/mol. The lowest BCUT2D eigenvalue weighted by molar-refractivity contribution is -0.290. The second-order valence-corrected chi connectivity index (χ2v) is 7.54. The summed E-state index contributed by atoms with van der Waals surface area (Å²) in [6.07, 6.45) is 8.90. The van der Waals surface area contributed by atoms with Gasteiger partial charge in [0, 0.05) is 0 Å². The second kappa shape index (κ2) is 3.87. The van der Waals surface area contributed by atoms with Crippen molar-refractivity contribution < 1.29 is 9.90 Å². The van der Waals surface area contributed by atoms with Crippen molar-refractivity contribution in [1.82, 2.24) is 0 Å². The molecule has 2 bridgehead atoms. The normalized spacial score (nSPS) is 36.4. The van der Waals surface area contributed by atoms with Gasteiger partial charge in [0.05, 0.1) is 5.41 Å². The minimum atomic E-state index is -0.514. The van der Waals surface area contributed by atoms with E-state index in [0.717, 1.165) is 25.7 Å². The number of benzene rings is 1. The van der Waals surface area contributed by atoms with Gasteiger partial charge < -0.3 is 5.11 Å². The number of hydrogen-bond acceptors (Lipinski definition) is 1. The molecular formula is C18H22O2. The first-order chi connectivity index (χ1) is 9.60. The summed E-state index contributed by atoms with van der Waals surface area (Å²) in [5, 5.41) is 9.60. The molecule has 0 heterocycles. The standard InChI is InChI=1S/C18H22O2/c19-15(20)18(8-4-9-18)17-11-16(12-17,13-17)10-7-14-5-2-1-3-6-14/h1-3,5-6H,4,7-13H2,(H,19,20). The van der Waals surface area contributed by atoms with Gasteiger partial charge >= 0.3 is 5.97 Å². The molecule has 106 valence electrons. The van der Waals surface area contributed by atoms with Crippen molar-refractivity contribution in [2.24, 2.45) is 16.2 Å². The summed E-state index contributed by atoms with van der Waals surface area (Å²) < 4.78 is 0. The van der Waals surface area contributed by atoms with Crippen LogP contribution in [0.15, 0.2) is 30.3 Å². The highest BCUT2D eigenvalue weighted by molar-refractivity contribution is 5.78. The molecule has 0 atom stereocenters. The molecule has 4 aliphatic rings. The molecule has 2 heteroatoms. The summed E-state index contributed by atoms with van der Waals surface area (Å²) >= 11 is 0. The minimum Gasteiger partial charge on any atom is -0.481 e. The average molecular weight is 270 g/mol. The third-order valence-corrected chi connectivity index (χ3v) is 6.56. The number of carboxylic acids is 1. The topological polar surface area (TPSA) is 37.3 Å². The lowest BCUT2D eigenvalue weighted by Crippen LogP contribution is -2.72. The van der Waals surface area contributed by atoms with Gasteiger partial charge in [-0.1, -0.05) is 36.8 Å². The summed E-state index contributed by atoms with van der Waals surface area (Å²) in [7, 11) is 0. The average Bonchev–Trinajstić information content (AvgIpc) is 2.29. The van der Waals surface area contributed by atoms with Crippen molar-refractivity contribution in [1.29, 1.82) is 0 Å². The van der Waals surface area contributed by atoms with Gasteiger partial charge in [-0.25, -0.2) is 0 Å². The number of rotatable bonds is 5. The Morgan fingerprint density at radius 2 is 1.75 bits per heavy atom. The quantitative estimate of drug-likeness (QED) is 0.876. The van der Waals surface area contributed by atoms with E-state index in [-0.39, 0.29) is 10.8 Å². The Kier molecular flexibility index (Phi) is 2.40. The zero-order valence-corrected chi connectivity index (χ0v) is 11.9. The van der Waals surface area contributed by atoms with Crippen LogP contribution in [0.3, 0.4) is 0 Å². The fourth-order valence-electron chi connectivity index (χ4n) is 5.33. The van der Waals surface area contributed by atoms with Crippen LogP contribution in [0.4, 0.5) is 0 Å². The van der Waals surface area contributed by atoms with Gasteiger partial charge in [-0.15, -0.1) is 0 Å². The van der Waals surface area contributed by atoms with E-state index in [4.69, 9.17) is 0 Å². The lowest BCUT2D eigenvalue weighted by atomic mass is 9.25. The zero-order valence-electron chi connectivity index (χ0n) is 11.9. The van der Waals surface area contributed by atoms with Crippen molar-refractivity contribution in [2.75, 3.05) is 0 Å². The van der Waals surface area contributed by atoms with Crippen LogP contribution in [0.25, 0.3) is 0 Å². The maximum absolute atomic E-state index is 11.7. The Labute approximate surface area is 120 Å². The first-order valence-corrected chi connectivity index (χ1v) is 7.87. The van der Waals surface area contributed by atoms with E-state index in [1.54, 1.807) is 0 Å². The first-order valence-electron chi connectivity index (χ1n) is 7.87. The molecule has 5 rings (SSSR count). The fourth-order valence-corrected chi connectivity index (χ4v) is 5.33. The Morgan fingerprint density at radius 1 is 1.10 bits per heavy atom. The molecule has 0 aromatic heterocycles. The van der Waals surface area contributed by atoms with E-state index < -0.39 is 5.97 Å². The van der Waals surface area contributed by atoms with E-state index >= 15 is 0 Å². The number of carbonyl (C=O) groups is 1. The Balaban J connectivity index is 1.39. The van der Waals surface area contributed by atoms with Crippen molar-refractivity contribution in [3.8, 4) is 0 Å². The maximum atomic E-state index is 11.7. The lowest BCUT2D eigenvalue weighted by Gasteiger charge is -2.78. The van der Waals surface area contributed by atoms with Crippen molar-refractivity contribution >= 4 is 5.97 Å². The highest BCUT2D eigenvalue weighted by Crippen LogP contribution is 2.83. The molecule has 20 heavy (non-hydrogen) atoms. The monoisotopic (exact) mass is 270 g/mol. The molecule has 0 spiro atoms. The summed E-state index contributed by atoms with van der Waals surface area (Å²) in [5.41, 5.74) is 1.77. The summed E-state index contributed by atoms with van der Waals surface area (Å²) in [5.74, 6) is -0.514. The molecule has 1 aromatic rings.